The molecular formula is C10H16ClN3O. The molecule has 1 fully saturated rings. The Morgan fingerprint density at radius 2 is 2.33 bits per heavy atom. The third-order valence-electron chi connectivity index (χ3n) is 2.97. The number of halogens is 1. The molecular weight excluding hydrogens is 214 g/mol. The zero-order valence-electron chi connectivity index (χ0n) is 9.11. The second-order valence-electron chi connectivity index (χ2n) is 4.02. The van der Waals surface area contributed by atoms with Crippen LogP contribution in [0.3, 0.4) is 0 Å². The Kier molecular flexibility index (Phi) is 3.26. The van der Waals surface area contributed by atoms with E-state index in [1.165, 1.54) is 0 Å². The van der Waals surface area contributed by atoms with E-state index < -0.39 is 0 Å². The monoisotopic (exact) mass is 229 g/mol. The van der Waals surface area contributed by atoms with E-state index >= 15 is 0 Å². The van der Waals surface area contributed by atoms with Gasteiger partial charge in [-0.15, -0.1) is 10.2 Å². The lowest BCUT2D eigenvalue weighted by atomic mass is 9.97. The Balaban J connectivity index is 2.29. The summed E-state index contributed by atoms with van der Waals surface area (Å²) in [5.41, 5.74) is 0. The highest BCUT2D eigenvalue weighted by Gasteiger charge is 2.27. The summed E-state index contributed by atoms with van der Waals surface area (Å²) in [6.45, 7) is 5.84. The summed E-state index contributed by atoms with van der Waals surface area (Å²) in [5, 5.41) is 8.52. The minimum Gasteiger partial charge on any atom is -0.381 e. The Morgan fingerprint density at radius 3 is 3.00 bits per heavy atom. The summed E-state index contributed by atoms with van der Waals surface area (Å²) < 4.78 is 7.49. The number of hydrogen-bond donors (Lipinski definition) is 0. The number of ether oxygens (including phenoxy) is 1. The van der Waals surface area contributed by atoms with Crippen LogP contribution in [-0.4, -0.2) is 28.0 Å². The molecule has 1 aliphatic heterocycles. The van der Waals surface area contributed by atoms with Gasteiger partial charge < -0.3 is 4.74 Å². The third-order valence-corrected chi connectivity index (χ3v) is 3.23. The SMILES string of the molecule is CCc1nnc(Cl)n1C1CCOCC1C. The van der Waals surface area contributed by atoms with Crippen LogP contribution in [0.15, 0.2) is 0 Å². The highest BCUT2D eigenvalue weighted by atomic mass is 35.5. The topological polar surface area (TPSA) is 39.9 Å². The minimum atomic E-state index is 0.385. The second-order valence-corrected chi connectivity index (χ2v) is 4.36. The summed E-state index contributed by atoms with van der Waals surface area (Å²) in [7, 11) is 0. The maximum Gasteiger partial charge on any atom is 0.225 e. The molecule has 2 atom stereocenters. The van der Waals surface area contributed by atoms with E-state index in [0.29, 0.717) is 17.2 Å². The van der Waals surface area contributed by atoms with Crippen LogP contribution in [0.1, 0.15) is 32.1 Å². The summed E-state index contributed by atoms with van der Waals surface area (Å²) in [6.07, 6.45) is 1.86. The quantitative estimate of drug-likeness (QED) is 0.780. The fraction of sp³-hybridized carbons (Fsp3) is 0.800. The van der Waals surface area contributed by atoms with E-state index in [4.69, 9.17) is 16.3 Å². The number of rotatable bonds is 2. The van der Waals surface area contributed by atoms with Crippen molar-refractivity contribution in [3.8, 4) is 0 Å². The Morgan fingerprint density at radius 1 is 1.53 bits per heavy atom. The lowest BCUT2D eigenvalue weighted by molar-refractivity contribution is 0.0279. The molecule has 0 radical (unpaired) electrons. The van der Waals surface area contributed by atoms with Crippen LogP contribution in [-0.2, 0) is 11.2 Å². The van der Waals surface area contributed by atoms with Crippen molar-refractivity contribution >= 4 is 11.6 Å². The van der Waals surface area contributed by atoms with Crippen molar-refractivity contribution in [2.24, 2.45) is 5.92 Å². The van der Waals surface area contributed by atoms with Gasteiger partial charge in [-0.25, -0.2) is 0 Å². The van der Waals surface area contributed by atoms with Crippen LogP contribution in [0.4, 0.5) is 0 Å². The summed E-state index contributed by atoms with van der Waals surface area (Å²) in [6, 6.07) is 0.385. The molecule has 0 aliphatic carbocycles. The molecule has 2 heterocycles. The highest BCUT2D eigenvalue weighted by Crippen LogP contribution is 2.30. The first-order valence-electron chi connectivity index (χ1n) is 5.41. The predicted molar refractivity (Wildman–Crippen MR) is 58.0 cm³/mol. The molecule has 0 N–H and O–H groups in total. The van der Waals surface area contributed by atoms with Crippen molar-refractivity contribution in [2.75, 3.05) is 13.2 Å². The molecule has 15 heavy (non-hydrogen) atoms. The van der Waals surface area contributed by atoms with E-state index in [1.54, 1.807) is 0 Å². The van der Waals surface area contributed by atoms with Crippen molar-refractivity contribution in [1.82, 2.24) is 14.8 Å². The molecule has 2 rings (SSSR count). The lowest BCUT2D eigenvalue weighted by Crippen LogP contribution is -2.29. The Hall–Kier alpha value is -0.610. The van der Waals surface area contributed by atoms with Gasteiger partial charge in [0.05, 0.1) is 6.61 Å². The molecule has 1 aromatic heterocycles. The first kappa shape index (κ1) is 10.9. The maximum absolute atomic E-state index is 6.07. The van der Waals surface area contributed by atoms with Crippen molar-refractivity contribution in [1.29, 1.82) is 0 Å². The Bertz CT molecular complexity index is 339. The molecule has 1 aliphatic rings. The van der Waals surface area contributed by atoms with Crippen LogP contribution in [0.25, 0.3) is 0 Å². The first-order valence-corrected chi connectivity index (χ1v) is 5.78. The molecule has 0 spiro atoms. The number of hydrogen-bond acceptors (Lipinski definition) is 3. The number of aryl methyl sites for hydroxylation is 1. The first-order chi connectivity index (χ1) is 7.24. The normalized spacial score (nSPS) is 26.9. The molecule has 2 unspecified atom stereocenters. The van der Waals surface area contributed by atoms with Gasteiger partial charge in [0, 0.05) is 25.0 Å². The van der Waals surface area contributed by atoms with Gasteiger partial charge in [0.2, 0.25) is 5.28 Å². The van der Waals surface area contributed by atoms with E-state index in [0.717, 1.165) is 31.9 Å². The molecule has 84 valence electrons. The fourth-order valence-corrected chi connectivity index (χ4v) is 2.38. The fourth-order valence-electron chi connectivity index (χ4n) is 2.12. The van der Waals surface area contributed by atoms with Gasteiger partial charge in [-0.1, -0.05) is 13.8 Å². The van der Waals surface area contributed by atoms with Crippen LogP contribution in [0.5, 0.6) is 0 Å². The van der Waals surface area contributed by atoms with Crippen LogP contribution >= 0.6 is 11.6 Å². The van der Waals surface area contributed by atoms with E-state index in [2.05, 4.69) is 28.6 Å². The predicted octanol–water partition coefficient (Wildman–Crippen LogP) is 2.09. The summed E-state index contributed by atoms with van der Waals surface area (Å²) in [4.78, 5) is 0. The van der Waals surface area contributed by atoms with E-state index in [9.17, 15) is 0 Å². The van der Waals surface area contributed by atoms with Gasteiger partial charge in [-0.3, -0.25) is 4.57 Å². The molecule has 0 amide bonds. The molecule has 1 saturated heterocycles. The molecule has 4 nitrogen and oxygen atoms in total. The van der Waals surface area contributed by atoms with Gasteiger partial charge in [-0.05, 0) is 18.0 Å². The molecule has 0 saturated carbocycles. The largest absolute Gasteiger partial charge is 0.381 e. The highest BCUT2D eigenvalue weighted by molar-refractivity contribution is 6.28. The Labute approximate surface area is 94.6 Å². The van der Waals surface area contributed by atoms with Gasteiger partial charge >= 0.3 is 0 Å². The van der Waals surface area contributed by atoms with Gasteiger partial charge in [-0.2, -0.15) is 0 Å². The van der Waals surface area contributed by atoms with Crippen molar-refractivity contribution < 1.29 is 4.74 Å². The van der Waals surface area contributed by atoms with E-state index in [1.807, 2.05) is 0 Å². The number of nitrogens with zero attached hydrogens (tertiary/aromatic N) is 3. The van der Waals surface area contributed by atoms with Gasteiger partial charge in [0.25, 0.3) is 0 Å². The second kappa shape index (κ2) is 4.49. The lowest BCUT2D eigenvalue weighted by Gasteiger charge is -2.30. The average Bonchev–Trinajstić information content (AvgIpc) is 2.60. The minimum absolute atomic E-state index is 0.385. The van der Waals surface area contributed by atoms with E-state index in [-0.39, 0.29) is 0 Å². The zero-order chi connectivity index (χ0) is 10.8. The van der Waals surface area contributed by atoms with Crippen LogP contribution in [0.2, 0.25) is 5.28 Å². The van der Waals surface area contributed by atoms with Crippen LogP contribution < -0.4 is 0 Å². The standard InChI is InChI=1S/C10H16ClN3O/c1-3-9-12-13-10(11)14(9)8-4-5-15-6-7(8)2/h7-8H,3-6H2,1-2H3. The number of aromatic nitrogens is 3. The average molecular weight is 230 g/mol. The molecule has 0 bridgehead atoms. The molecule has 5 heteroatoms. The molecule has 0 aromatic carbocycles. The van der Waals surface area contributed by atoms with Crippen molar-refractivity contribution in [3.05, 3.63) is 11.1 Å². The van der Waals surface area contributed by atoms with Crippen LogP contribution in [0, 0.1) is 5.92 Å². The third kappa shape index (κ3) is 2.01. The van der Waals surface area contributed by atoms with Crippen molar-refractivity contribution in [3.63, 3.8) is 0 Å². The molecule has 1 aromatic rings. The maximum atomic E-state index is 6.07. The summed E-state index contributed by atoms with van der Waals surface area (Å²) in [5.74, 6) is 1.44. The van der Waals surface area contributed by atoms with Crippen molar-refractivity contribution in [2.45, 2.75) is 32.7 Å². The summed E-state index contributed by atoms with van der Waals surface area (Å²) >= 11 is 6.07. The van der Waals surface area contributed by atoms with Gasteiger partial charge in [0.15, 0.2) is 0 Å². The van der Waals surface area contributed by atoms with Gasteiger partial charge in [0.1, 0.15) is 5.82 Å². The zero-order valence-corrected chi connectivity index (χ0v) is 9.87. The smallest absolute Gasteiger partial charge is 0.225 e.